The normalized spacial score (nSPS) is 17.8. The second kappa shape index (κ2) is 10.3. The summed E-state index contributed by atoms with van der Waals surface area (Å²) in [6, 6.07) is 3.01. The van der Waals surface area contributed by atoms with E-state index in [0.717, 1.165) is 0 Å². The Morgan fingerprint density at radius 3 is 2.35 bits per heavy atom. The average molecular weight is 537 g/mol. The number of benzene rings is 1. The Morgan fingerprint density at radius 2 is 1.81 bits per heavy atom. The number of aryl methyl sites for hydroxylation is 2. The van der Waals surface area contributed by atoms with E-state index in [-0.39, 0.29) is 22.7 Å². The van der Waals surface area contributed by atoms with Crippen molar-refractivity contribution in [2.24, 2.45) is 5.41 Å². The van der Waals surface area contributed by atoms with Gasteiger partial charge in [0.1, 0.15) is 17.1 Å². The van der Waals surface area contributed by atoms with Crippen LogP contribution in [0.5, 0.6) is 5.75 Å². The van der Waals surface area contributed by atoms with Crippen LogP contribution >= 0.6 is 0 Å². The second-order valence-electron chi connectivity index (χ2n) is 11.1. The van der Waals surface area contributed by atoms with Crippen molar-refractivity contribution in [3.8, 4) is 5.75 Å². The molecule has 2 aromatic rings. The molecule has 1 N–H and O–H groups in total. The molecule has 11 nitrogen and oxygen atoms in total. The van der Waals surface area contributed by atoms with E-state index >= 15 is 0 Å². The van der Waals surface area contributed by atoms with Gasteiger partial charge in [-0.25, -0.2) is 13.2 Å². The third kappa shape index (κ3) is 6.79. The molecule has 3 rings (SSSR count). The van der Waals surface area contributed by atoms with Gasteiger partial charge in [0, 0.05) is 24.5 Å². The van der Waals surface area contributed by atoms with Crippen LogP contribution in [0.15, 0.2) is 21.4 Å². The Balaban J connectivity index is 1.67. The van der Waals surface area contributed by atoms with E-state index in [0.29, 0.717) is 36.4 Å². The number of amides is 2. The van der Waals surface area contributed by atoms with E-state index in [1.165, 1.54) is 7.11 Å². The van der Waals surface area contributed by atoms with Crippen LogP contribution < -0.4 is 10.1 Å². The summed E-state index contributed by atoms with van der Waals surface area (Å²) in [5, 5.41) is 10.4. The molecule has 0 spiro atoms. The summed E-state index contributed by atoms with van der Waals surface area (Å²) in [6.07, 6.45) is 0.110. The average Bonchev–Trinajstić information content (AvgIpc) is 3.20. The molecule has 2 heterocycles. The summed E-state index contributed by atoms with van der Waals surface area (Å²) < 4.78 is 42.3. The molecule has 1 aliphatic heterocycles. The number of piperidine rings is 1. The van der Waals surface area contributed by atoms with Crippen LogP contribution in [0.1, 0.15) is 68.7 Å². The van der Waals surface area contributed by atoms with Crippen molar-refractivity contribution >= 4 is 21.8 Å². The molecule has 0 aliphatic carbocycles. The Morgan fingerprint density at radius 1 is 1.19 bits per heavy atom. The van der Waals surface area contributed by atoms with Gasteiger partial charge in [-0.05, 0) is 64.3 Å². The maximum absolute atomic E-state index is 13.1. The predicted molar refractivity (Wildman–Crippen MR) is 135 cm³/mol. The minimum Gasteiger partial charge on any atom is -0.497 e. The van der Waals surface area contributed by atoms with Crippen molar-refractivity contribution in [1.82, 2.24) is 20.4 Å². The molecule has 2 amide bonds. The van der Waals surface area contributed by atoms with Gasteiger partial charge in [-0.3, -0.25) is 4.79 Å². The summed E-state index contributed by atoms with van der Waals surface area (Å²) in [5.74, 6) is -1.08. The number of carbonyl (C=O) groups excluding carboxylic acids is 2. The zero-order valence-electron chi connectivity index (χ0n) is 22.7. The van der Waals surface area contributed by atoms with Gasteiger partial charge in [-0.1, -0.05) is 13.8 Å². The molecule has 1 fully saturated rings. The number of ether oxygens (including phenoxy) is 2. The van der Waals surface area contributed by atoms with Crippen LogP contribution in [-0.4, -0.2) is 67.4 Å². The van der Waals surface area contributed by atoms with E-state index < -0.39 is 38.6 Å². The summed E-state index contributed by atoms with van der Waals surface area (Å²) in [6.45, 7) is 13.5. The van der Waals surface area contributed by atoms with Crippen LogP contribution in [0.2, 0.25) is 0 Å². The lowest BCUT2D eigenvalue weighted by molar-refractivity contribution is 0.00255. The minimum absolute atomic E-state index is 0.163. The van der Waals surface area contributed by atoms with Gasteiger partial charge in [-0.15, -0.1) is 10.2 Å². The van der Waals surface area contributed by atoms with Crippen LogP contribution in [0.3, 0.4) is 0 Å². The van der Waals surface area contributed by atoms with E-state index in [4.69, 9.17) is 13.9 Å². The number of rotatable bonds is 6. The number of carbonyl (C=O) groups is 2. The van der Waals surface area contributed by atoms with Crippen molar-refractivity contribution in [2.45, 2.75) is 77.2 Å². The Hall–Kier alpha value is -3.15. The minimum atomic E-state index is -3.82. The monoisotopic (exact) mass is 536 g/mol. The van der Waals surface area contributed by atoms with Crippen molar-refractivity contribution in [3.05, 3.63) is 35.0 Å². The molecule has 0 radical (unpaired) electrons. The van der Waals surface area contributed by atoms with Crippen molar-refractivity contribution < 1.29 is 31.9 Å². The number of hydrogen-bond donors (Lipinski definition) is 1. The number of sulfone groups is 1. The molecule has 0 bridgehead atoms. The zero-order valence-corrected chi connectivity index (χ0v) is 23.5. The molecule has 1 aliphatic rings. The molecular weight excluding hydrogens is 500 g/mol. The highest BCUT2D eigenvalue weighted by Crippen LogP contribution is 2.31. The number of hydrogen-bond acceptors (Lipinski definition) is 9. The number of likely N-dealkylation sites (tertiary alicyclic amines) is 1. The summed E-state index contributed by atoms with van der Waals surface area (Å²) >= 11 is 0. The van der Waals surface area contributed by atoms with Crippen molar-refractivity contribution in [1.29, 1.82) is 0 Å². The first-order chi connectivity index (χ1) is 17.0. The number of nitrogens with one attached hydrogen (secondary N) is 1. The van der Waals surface area contributed by atoms with Crippen LogP contribution in [0, 0.1) is 19.3 Å². The van der Waals surface area contributed by atoms with Gasteiger partial charge in [0.15, 0.2) is 9.84 Å². The maximum Gasteiger partial charge on any atom is 0.410 e. The van der Waals surface area contributed by atoms with Crippen LogP contribution in [0.25, 0.3) is 0 Å². The molecule has 1 aromatic carbocycles. The summed E-state index contributed by atoms with van der Waals surface area (Å²) in [4.78, 5) is 27.1. The van der Waals surface area contributed by atoms with Gasteiger partial charge in [0.2, 0.25) is 5.89 Å². The number of nitrogens with zero attached hydrogens (tertiary/aromatic N) is 3. The smallest absolute Gasteiger partial charge is 0.410 e. The zero-order chi connectivity index (χ0) is 27.8. The van der Waals surface area contributed by atoms with Gasteiger partial charge in [0.05, 0.1) is 12.0 Å². The maximum atomic E-state index is 13.1. The van der Waals surface area contributed by atoms with Gasteiger partial charge in [0.25, 0.3) is 0 Å². The lowest BCUT2D eigenvalue weighted by Crippen LogP contribution is -2.57. The van der Waals surface area contributed by atoms with Crippen LogP contribution in [0.4, 0.5) is 4.79 Å². The Kier molecular flexibility index (Phi) is 7.92. The van der Waals surface area contributed by atoms with E-state index in [2.05, 4.69) is 15.5 Å². The third-order valence-corrected chi connectivity index (χ3v) is 8.03. The lowest BCUT2D eigenvalue weighted by atomic mass is 9.79. The first-order valence-electron chi connectivity index (χ1n) is 12.0. The fourth-order valence-corrected chi connectivity index (χ4v) is 6.17. The van der Waals surface area contributed by atoms with Gasteiger partial charge in [-0.2, -0.15) is 0 Å². The van der Waals surface area contributed by atoms with Crippen molar-refractivity contribution in [3.63, 3.8) is 0 Å². The van der Waals surface area contributed by atoms with E-state index in [1.54, 1.807) is 30.9 Å². The first kappa shape index (κ1) is 28.4. The molecule has 1 unspecified atom stereocenters. The summed E-state index contributed by atoms with van der Waals surface area (Å²) in [5.41, 5.74) is 0.0178. The Bertz CT molecular complexity index is 1260. The molecule has 12 heteroatoms. The number of methoxy groups -OCH3 is 1. The van der Waals surface area contributed by atoms with Gasteiger partial charge >= 0.3 is 17.9 Å². The second-order valence-corrected chi connectivity index (χ2v) is 13.0. The van der Waals surface area contributed by atoms with Crippen LogP contribution in [-0.2, 0) is 20.3 Å². The quantitative estimate of drug-likeness (QED) is 0.588. The molecule has 204 valence electrons. The summed E-state index contributed by atoms with van der Waals surface area (Å²) in [7, 11) is -2.31. The third-order valence-electron chi connectivity index (χ3n) is 6.14. The van der Waals surface area contributed by atoms with Crippen molar-refractivity contribution in [2.75, 3.05) is 20.2 Å². The highest BCUT2D eigenvalue weighted by molar-refractivity contribution is 7.90. The molecule has 37 heavy (non-hydrogen) atoms. The molecule has 1 saturated heterocycles. The van der Waals surface area contributed by atoms with E-state index in [9.17, 15) is 18.0 Å². The fraction of sp³-hybridized carbons (Fsp3) is 0.600. The topological polar surface area (TPSA) is 141 Å². The fourth-order valence-electron chi connectivity index (χ4n) is 4.48. The Labute approximate surface area is 217 Å². The molecule has 0 saturated carbocycles. The predicted octanol–water partition coefficient (Wildman–Crippen LogP) is 3.43. The highest BCUT2D eigenvalue weighted by atomic mass is 32.2. The molecule has 1 aromatic heterocycles. The van der Waals surface area contributed by atoms with E-state index in [1.807, 2.05) is 34.6 Å². The first-order valence-corrected chi connectivity index (χ1v) is 13.7. The lowest BCUT2D eigenvalue weighted by Gasteiger charge is -2.44. The SMILES string of the molecule is COc1cc(C)c(S(=O)(=O)Cc2nnc(C(=O)NC3CCN(C(=O)OC(C)(C)C)CC3(C)C)o2)c(C)c1. The van der Waals surface area contributed by atoms with Gasteiger partial charge < -0.3 is 24.1 Å². The number of aromatic nitrogens is 2. The highest BCUT2D eigenvalue weighted by Gasteiger charge is 2.40. The molecule has 1 atom stereocenters. The standard InChI is InChI=1S/C25H36N4O7S/c1-15-11-17(34-8)12-16(2)20(15)37(32,33)13-19-27-28-22(35-19)21(30)26-18-9-10-29(14-25(18,6)7)23(31)36-24(3,4)5/h11-12,18H,9-10,13-14H2,1-8H3,(H,26,30). The largest absolute Gasteiger partial charge is 0.497 e. The molecular formula is C25H36N4O7S.